The van der Waals surface area contributed by atoms with Gasteiger partial charge in [-0.25, -0.2) is 0 Å². The van der Waals surface area contributed by atoms with Crippen LogP contribution >= 0.6 is 11.3 Å². The van der Waals surface area contributed by atoms with E-state index < -0.39 is 6.04 Å². The number of carbonyl (C=O) groups excluding carboxylic acids is 3. The minimum atomic E-state index is -0.651. The summed E-state index contributed by atoms with van der Waals surface area (Å²) in [6.45, 7) is 2.61. The SMILES string of the molecule is COc1ccc(CC(NC(C)=O)C(=O)NC2CCN(C(=O)c3cccs3)CC2)cc1. The van der Waals surface area contributed by atoms with E-state index >= 15 is 0 Å². The number of likely N-dealkylation sites (tertiary alicyclic amines) is 1. The number of methoxy groups -OCH3 is 1. The molecule has 1 aliphatic heterocycles. The van der Waals surface area contributed by atoms with Crippen LogP contribution in [0.4, 0.5) is 0 Å². The maximum Gasteiger partial charge on any atom is 0.263 e. The molecule has 1 aromatic carbocycles. The number of hydrogen-bond donors (Lipinski definition) is 2. The zero-order chi connectivity index (χ0) is 21.5. The van der Waals surface area contributed by atoms with Gasteiger partial charge in [-0.15, -0.1) is 11.3 Å². The second kappa shape index (κ2) is 10.2. The number of nitrogens with one attached hydrogen (secondary N) is 2. The van der Waals surface area contributed by atoms with Crippen LogP contribution in [0.15, 0.2) is 41.8 Å². The van der Waals surface area contributed by atoms with Crippen molar-refractivity contribution in [2.24, 2.45) is 0 Å². The third-order valence-corrected chi connectivity index (χ3v) is 6.01. The van der Waals surface area contributed by atoms with E-state index in [9.17, 15) is 14.4 Å². The summed E-state index contributed by atoms with van der Waals surface area (Å²) in [5.74, 6) is 0.331. The van der Waals surface area contributed by atoms with Crippen molar-refractivity contribution in [3.05, 3.63) is 52.2 Å². The lowest BCUT2D eigenvalue weighted by molar-refractivity contribution is -0.128. The monoisotopic (exact) mass is 429 g/mol. The molecule has 160 valence electrons. The molecule has 0 radical (unpaired) electrons. The molecular formula is C22H27N3O4S. The molecule has 2 aromatic rings. The Labute approximate surface area is 180 Å². The summed E-state index contributed by atoms with van der Waals surface area (Å²) in [6.07, 6.45) is 1.78. The van der Waals surface area contributed by atoms with Crippen LogP contribution in [0, 0.1) is 0 Å². The van der Waals surface area contributed by atoms with Crippen molar-refractivity contribution in [2.75, 3.05) is 20.2 Å². The third kappa shape index (κ3) is 5.82. The van der Waals surface area contributed by atoms with Crippen LogP contribution in [-0.4, -0.2) is 54.9 Å². The average molecular weight is 430 g/mol. The highest BCUT2D eigenvalue weighted by Gasteiger charge is 2.27. The molecule has 0 bridgehead atoms. The van der Waals surface area contributed by atoms with Gasteiger partial charge in [-0.1, -0.05) is 18.2 Å². The fourth-order valence-corrected chi connectivity index (χ4v) is 4.23. The predicted octanol–water partition coefficient (Wildman–Crippen LogP) is 2.22. The van der Waals surface area contributed by atoms with Crippen LogP contribution in [0.3, 0.4) is 0 Å². The van der Waals surface area contributed by atoms with Crippen LogP contribution in [0.2, 0.25) is 0 Å². The van der Waals surface area contributed by atoms with Crippen molar-refractivity contribution in [3.63, 3.8) is 0 Å². The lowest BCUT2D eigenvalue weighted by Gasteiger charge is -2.33. The molecule has 3 rings (SSSR count). The molecular weight excluding hydrogens is 402 g/mol. The molecule has 1 unspecified atom stereocenters. The van der Waals surface area contributed by atoms with Gasteiger partial charge in [0.2, 0.25) is 11.8 Å². The minimum absolute atomic E-state index is 0.0167. The largest absolute Gasteiger partial charge is 0.497 e. The molecule has 0 saturated carbocycles. The summed E-state index contributed by atoms with van der Waals surface area (Å²) in [5, 5.41) is 7.69. The zero-order valence-electron chi connectivity index (χ0n) is 17.2. The van der Waals surface area contributed by atoms with Gasteiger partial charge in [0.15, 0.2) is 0 Å². The fraction of sp³-hybridized carbons (Fsp3) is 0.409. The third-order valence-electron chi connectivity index (χ3n) is 5.15. The Morgan fingerprint density at radius 3 is 2.43 bits per heavy atom. The van der Waals surface area contributed by atoms with Crippen molar-refractivity contribution < 1.29 is 19.1 Å². The van der Waals surface area contributed by atoms with Crippen molar-refractivity contribution in [1.29, 1.82) is 0 Å². The Hall–Kier alpha value is -2.87. The smallest absolute Gasteiger partial charge is 0.263 e. The van der Waals surface area contributed by atoms with Gasteiger partial charge in [-0.3, -0.25) is 14.4 Å². The van der Waals surface area contributed by atoms with E-state index in [0.29, 0.717) is 32.4 Å². The van der Waals surface area contributed by atoms with Crippen molar-refractivity contribution in [1.82, 2.24) is 15.5 Å². The van der Waals surface area contributed by atoms with E-state index in [1.807, 2.05) is 46.7 Å². The summed E-state index contributed by atoms with van der Waals surface area (Å²) in [4.78, 5) is 39.5. The van der Waals surface area contributed by atoms with Gasteiger partial charge in [-0.05, 0) is 42.0 Å². The second-order valence-electron chi connectivity index (χ2n) is 7.36. The lowest BCUT2D eigenvalue weighted by atomic mass is 10.0. The first-order valence-corrected chi connectivity index (χ1v) is 10.9. The Kier molecular flexibility index (Phi) is 7.46. The minimum Gasteiger partial charge on any atom is -0.497 e. The number of piperidine rings is 1. The van der Waals surface area contributed by atoms with Crippen LogP contribution in [-0.2, 0) is 16.0 Å². The number of ether oxygens (including phenoxy) is 1. The number of rotatable bonds is 7. The molecule has 3 amide bonds. The van der Waals surface area contributed by atoms with Crippen LogP contribution < -0.4 is 15.4 Å². The predicted molar refractivity (Wildman–Crippen MR) is 116 cm³/mol. The lowest BCUT2D eigenvalue weighted by Crippen LogP contribution is -2.53. The van der Waals surface area contributed by atoms with Crippen molar-refractivity contribution in [2.45, 2.75) is 38.3 Å². The van der Waals surface area contributed by atoms with Gasteiger partial charge in [0.1, 0.15) is 11.8 Å². The normalized spacial score (nSPS) is 15.3. The number of nitrogens with zero attached hydrogens (tertiary/aromatic N) is 1. The molecule has 1 atom stereocenters. The first-order chi connectivity index (χ1) is 14.5. The molecule has 2 heterocycles. The van der Waals surface area contributed by atoms with Gasteiger partial charge in [0.05, 0.1) is 12.0 Å². The summed E-state index contributed by atoms with van der Waals surface area (Å²) in [6, 6.07) is 10.5. The molecule has 1 fully saturated rings. The Morgan fingerprint density at radius 2 is 1.87 bits per heavy atom. The molecule has 30 heavy (non-hydrogen) atoms. The maximum absolute atomic E-state index is 12.8. The molecule has 8 heteroatoms. The van der Waals surface area contributed by atoms with Gasteiger partial charge in [-0.2, -0.15) is 0 Å². The van der Waals surface area contributed by atoms with E-state index in [4.69, 9.17) is 4.74 Å². The first-order valence-electron chi connectivity index (χ1n) is 9.99. The van der Waals surface area contributed by atoms with Crippen LogP contribution in [0.5, 0.6) is 5.75 Å². The van der Waals surface area contributed by atoms with Crippen molar-refractivity contribution in [3.8, 4) is 5.75 Å². The molecule has 1 saturated heterocycles. The Balaban J connectivity index is 1.55. The number of amides is 3. The molecule has 7 nitrogen and oxygen atoms in total. The molecule has 1 aliphatic rings. The maximum atomic E-state index is 12.8. The van der Waals surface area contributed by atoms with Gasteiger partial charge >= 0.3 is 0 Å². The summed E-state index contributed by atoms with van der Waals surface area (Å²) >= 11 is 1.44. The highest BCUT2D eigenvalue weighted by Crippen LogP contribution is 2.18. The second-order valence-corrected chi connectivity index (χ2v) is 8.31. The summed E-state index contributed by atoms with van der Waals surface area (Å²) in [7, 11) is 1.60. The summed E-state index contributed by atoms with van der Waals surface area (Å²) in [5.41, 5.74) is 0.932. The van der Waals surface area contributed by atoms with Gasteiger partial charge in [0, 0.05) is 32.5 Å². The fourth-order valence-electron chi connectivity index (χ4n) is 3.54. The van der Waals surface area contributed by atoms with E-state index in [-0.39, 0.29) is 23.8 Å². The van der Waals surface area contributed by atoms with Crippen LogP contribution in [0.25, 0.3) is 0 Å². The number of hydrogen-bond acceptors (Lipinski definition) is 5. The van der Waals surface area contributed by atoms with E-state index in [2.05, 4.69) is 10.6 Å². The number of benzene rings is 1. The molecule has 0 spiro atoms. The van der Waals surface area contributed by atoms with Crippen LogP contribution in [0.1, 0.15) is 35.0 Å². The topological polar surface area (TPSA) is 87.7 Å². The Bertz CT molecular complexity index is 859. The standard InChI is InChI=1S/C22H27N3O4S/c1-15(26)23-19(14-16-5-7-18(29-2)8-6-16)21(27)24-17-9-11-25(12-10-17)22(28)20-4-3-13-30-20/h3-8,13,17,19H,9-12,14H2,1-2H3,(H,23,26)(H,24,27). The van der Waals surface area contributed by atoms with E-state index in [1.165, 1.54) is 18.3 Å². The molecule has 0 aliphatic carbocycles. The number of carbonyl (C=O) groups is 3. The first kappa shape index (κ1) is 21.8. The van der Waals surface area contributed by atoms with E-state index in [1.54, 1.807) is 7.11 Å². The molecule has 1 aromatic heterocycles. The van der Waals surface area contributed by atoms with Gasteiger partial charge < -0.3 is 20.3 Å². The van der Waals surface area contributed by atoms with Gasteiger partial charge in [0.25, 0.3) is 5.91 Å². The Morgan fingerprint density at radius 1 is 1.17 bits per heavy atom. The zero-order valence-corrected chi connectivity index (χ0v) is 18.0. The van der Waals surface area contributed by atoms with E-state index in [0.717, 1.165) is 16.2 Å². The summed E-state index contributed by atoms with van der Waals surface area (Å²) < 4.78 is 5.16. The highest BCUT2D eigenvalue weighted by atomic mass is 32.1. The number of thiophene rings is 1. The van der Waals surface area contributed by atoms with Crippen molar-refractivity contribution >= 4 is 29.1 Å². The molecule has 2 N–H and O–H groups in total. The highest BCUT2D eigenvalue weighted by molar-refractivity contribution is 7.12. The quantitative estimate of drug-likeness (QED) is 0.707. The average Bonchev–Trinajstić information content (AvgIpc) is 3.28.